The van der Waals surface area contributed by atoms with Crippen LogP contribution >= 0.6 is 12.2 Å². The number of ether oxygens (including phenoxy) is 2. The molecular formula is C12H24O4S. The van der Waals surface area contributed by atoms with Crippen LogP contribution in [0.3, 0.4) is 0 Å². The zero-order valence-electron chi connectivity index (χ0n) is 11.2. The Kier molecular flexibility index (Phi) is 14.7. The monoisotopic (exact) mass is 264 g/mol. The highest BCUT2D eigenvalue weighted by Crippen LogP contribution is 1.92. The van der Waals surface area contributed by atoms with Crippen LogP contribution in [0.25, 0.3) is 0 Å². The number of aliphatic hydroxyl groups is 1. The second-order valence-electron chi connectivity index (χ2n) is 3.41. The van der Waals surface area contributed by atoms with Gasteiger partial charge in [-0.05, 0) is 39.4 Å². The van der Waals surface area contributed by atoms with Crippen molar-refractivity contribution in [3.05, 3.63) is 0 Å². The van der Waals surface area contributed by atoms with Gasteiger partial charge in [0.25, 0.3) is 0 Å². The Labute approximate surface area is 109 Å². The minimum atomic E-state index is -0.593. The molecule has 17 heavy (non-hydrogen) atoms. The molecule has 0 rings (SSSR count). The van der Waals surface area contributed by atoms with E-state index in [1.165, 1.54) is 0 Å². The maximum atomic E-state index is 10.5. The van der Waals surface area contributed by atoms with Gasteiger partial charge in [-0.2, -0.15) is 0 Å². The SMILES string of the molecule is CCCC(=S)OCC.CCOC(=O)CC(C)O. The lowest BCUT2D eigenvalue weighted by molar-refractivity contribution is -0.145. The number of carbonyl (C=O) groups excluding carboxylic acids is 1. The summed E-state index contributed by atoms with van der Waals surface area (Å²) in [5, 5.41) is 9.39. The van der Waals surface area contributed by atoms with Gasteiger partial charge in [-0.15, -0.1) is 0 Å². The van der Waals surface area contributed by atoms with Gasteiger partial charge in [-0.1, -0.05) is 6.92 Å². The highest BCUT2D eigenvalue weighted by molar-refractivity contribution is 7.80. The number of esters is 1. The normalized spacial score (nSPS) is 10.9. The minimum absolute atomic E-state index is 0.0911. The lowest BCUT2D eigenvalue weighted by atomic mass is 10.3. The van der Waals surface area contributed by atoms with Gasteiger partial charge in [0.15, 0.2) is 5.05 Å². The van der Waals surface area contributed by atoms with Crippen LogP contribution in [-0.2, 0) is 14.3 Å². The van der Waals surface area contributed by atoms with E-state index in [2.05, 4.69) is 11.7 Å². The molecule has 0 saturated heterocycles. The second-order valence-corrected chi connectivity index (χ2v) is 3.87. The van der Waals surface area contributed by atoms with Crippen molar-refractivity contribution in [1.82, 2.24) is 0 Å². The Morgan fingerprint density at radius 1 is 1.24 bits per heavy atom. The van der Waals surface area contributed by atoms with Crippen LogP contribution < -0.4 is 0 Å². The molecule has 0 saturated carbocycles. The van der Waals surface area contributed by atoms with E-state index >= 15 is 0 Å². The molecule has 0 amide bonds. The summed E-state index contributed by atoms with van der Waals surface area (Å²) in [6.07, 6.45) is 1.50. The van der Waals surface area contributed by atoms with Gasteiger partial charge in [0.2, 0.25) is 0 Å². The lowest BCUT2D eigenvalue weighted by Gasteiger charge is -2.01. The second kappa shape index (κ2) is 13.4. The Morgan fingerprint density at radius 3 is 2.12 bits per heavy atom. The fourth-order valence-corrected chi connectivity index (χ4v) is 1.22. The van der Waals surface area contributed by atoms with Gasteiger partial charge in [0, 0.05) is 6.42 Å². The van der Waals surface area contributed by atoms with E-state index in [1.807, 2.05) is 6.92 Å². The van der Waals surface area contributed by atoms with Crippen LogP contribution in [-0.4, -0.2) is 35.4 Å². The molecule has 0 radical (unpaired) electrons. The molecule has 0 bridgehead atoms. The first kappa shape index (κ1) is 18.7. The number of thiocarbonyl (C=S) groups is 1. The number of carbonyl (C=O) groups is 1. The standard InChI is InChI=1S/C6H12O3.C6H12OS/c1-3-9-6(8)4-5(2)7;1-3-5-6(8)7-4-2/h5,7H,3-4H2,1-2H3;3-5H2,1-2H3. The zero-order chi connectivity index (χ0) is 13.7. The number of hydrogen-bond acceptors (Lipinski definition) is 5. The van der Waals surface area contributed by atoms with Crippen molar-refractivity contribution in [2.45, 2.75) is 53.1 Å². The van der Waals surface area contributed by atoms with Gasteiger partial charge >= 0.3 is 5.97 Å². The molecule has 1 unspecified atom stereocenters. The van der Waals surface area contributed by atoms with Crippen LogP contribution in [0.2, 0.25) is 0 Å². The Hall–Kier alpha value is -0.680. The molecule has 0 aliphatic carbocycles. The molecule has 0 aliphatic heterocycles. The number of rotatable bonds is 6. The summed E-state index contributed by atoms with van der Waals surface area (Å²) in [6, 6.07) is 0. The molecule has 0 aromatic rings. The van der Waals surface area contributed by atoms with Crippen LogP contribution in [0.4, 0.5) is 0 Å². The van der Waals surface area contributed by atoms with Crippen molar-refractivity contribution in [2.24, 2.45) is 0 Å². The van der Waals surface area contributed by atoms with Gasteiger partial charge in [-0.3, -0.25) is 4.79 Å². The molecule has 0 spiro atoms. The largest absolute Gasteiger partial charge is 0.487 e. The van der Waals surface area contributed by atoms with Crippen LogP contribution in [0.5, 0.6) is 0 Å². The third-order valence-corrected chi connectivity index (χ3v) is 1.85. The molecule has 1 atom stereocenters. The highest BCUT2D eigenvalue weighted by Gasteiger charge is 2.04. The van der Waals surface area contributed by atoms with Crippen LogP contribution in [0, 0.1) is 0 Å². The minimum Gasteiger partial charge on any atom is -0.487 e. The highest BCUT2D eigenvalue weighted by atomic mass is 32.1. The maximum absolute atomic E-state index is 10.5. The van der Waals surface area contributed by atoms with Crippen LogP contribution in [0.1, 0.15) is 47.0 Å². The van der Waals surface area contributed by atoms with Crippen molar-refractivity contribution in [1.29, 1.82) is 0 Å². The molecule has 1 N–H and O–H groups in total. The summed E-state index contributed by atoms with van der Waals surface area (Å²) in [6.45, 7) is 8.41. The van der Waals surface area contributed by atoms with Crippen molar-refractivity contribution in [3.8, 4) is 0 Å². The van der Waals surface area contributed by atoms with Gasteiger partial charge in [-0.25, -0.2) is 0 Å². The molecule has 102 valence electrons. The Bertz CT molecular complexity index is 197. The average molecular weight is 264 g/mol. The van der Waals surface area contributed by atoms with E-state index in [0.717, 1.165) is 17.9 Å². The maximum Gasteiger partial charge on any atom is 0.308 e. The Morgan fingerprint density at radius 2 is 1.76 bits per heavy atom. The summed E-state index contributed by atoms with van der Waals surface area (Å²) in [4.78, 5) is 10.5. The molecule has 0 fully saturated rings. The topological polar surface area (TPSA) is 55.8 Å². The van der Waals surface area contributed by atoms with E-state index in [9.17, 15) is 4.79 Å². The first-order valence-corrected chi connectivity index (χ1v) is 6.37. The Balaban J connectivity index is 0. The third-order valence-electron chi connectivity index (χ3n) is 1.53. The molecule has 0 aliphatic rings. The summed E-state index contributed by atoms with van der Waals surface area (Å²) in [5.74, 6) is -0.340. The molecule has 0 heterocycles. The van der Waals surface area contributed by atoms with E-state index in [4.69, 9.17) is 22.1 Å². The molecular weight excluding hydrogens is 240 g/mol. The molecule has 4 nitrogen and oxygen atoms in total. The number of aliphatic hydroxyl groups excluding tert-OH is 1. The molecule has 5 heteroatoms. The molecule has 0 aromatic heterocycles. The van der Waals surface area contributed by atoms with Crippen molar-refractivity contribution in [2.75, 3.05) is 13.2 Å². The average Bonchev–Trinajstić information content (AvgIpc) is 2.18. The van der Waals surface area contributed by atoms with Gasteiger partial charge in [0.1, 0.15) is 0 Å². The quantitative estimate of drug-likeness (QED) is 0.590. The summed E-state index contributed by atoms with van der Waals surface area (Å²) >= 11 is 4.83. The van der Waals surface area contributed by atoms with E-state index < -0.39 is 6.10 Å². The smallest absolute Gasteiger partial charge is 0.308 e. The fraction of sp³-hybridized carbons (Fsp3) is 0.833. The first-order valence-electron chi connectivity index (χ1n) is 5.97. The summed E-state index contributed by atoms with van der Waals surface area (Å²) in [5.41, 5.74) is 0. The van der Waals surface area contributed by atoms with E-state index in [-0.39, 0.29) is 12.4 Å². The van der Waals surface area contributed by atoms with E-state index in [1.54, 1.807) is 13.8 Å². The lowest BCUT2D eigenvalue weighted by Crippen LogP contribution is -2.11. The van der Waals surface area contributed by atoms with E-state index in [0.29, 0.717) is 13.2 Å². The van der Waals surface area contributed by atoms with Gasteiger partial charge < -0.3 is 14.6 Å². The van der Waals surface area contributed by atoms with Crippen molar-refractivity contribution >= 4 is 23.2 Å². The predicted octanol–water partition coefficient (Wildman–Crippen LogP) is 2.47. The predicted molar refractivity (Wildman–Crippen MR) is 72.1 cm³/mol. The number of hydrogen-bond donors (Lipinski definition) is 1. The summed E-state index contributed by atoms with van der Waals surface area (Å²) < 4.78 is 9.57. The zero-order valence-corrected chi connectivity index (χ0v) is 12.0. The van der Waals surface area contributed by atoms with Crippen LogP contribution in [0.15, 0.2) is 0 Å². The third kappa shape index (κ3) is 17.9. The summed E-state index contributed by atoms with van der Waals surface area (Å²) in [7, 11) is 0. The van der Waals surface area contributed by atoms with Crippen molar-refractivity contribution in [3.63, 3.8) is 0 Å². The molecule has 0 aromatic carbocycles. The fourth-order valence-electron chi connectivity index (χ4n) is 0.898. The first-order chi connectivity index (χ1) is 7.97. The van der Waals surface area contributed by atoms with Crippen molar-refractivity contribution < 1.29 is 19.4 Å². The van der Waals surface area contributed by atoms with Gasteiger partial charge in [0.05, 0.1) is 25.7 Å².